The van der Waals surface area contributed by atoms with Crippen LogP contribution in [0.25, 0.3) is 0 Å². The van der Waals surface area contributed by atoms with E-state index in [0.29, 0.717) is 10.1 Å². The molecule has 2 rings (SSSR count). The van der Waals surface area contributed by atoms with E-state index >= 15 is 0 Å². The second kappa shape index (κ2) is 9.15. The fraction of sp³-hybridized carbons (Fsp3) is 0.375. The van der Waals surface area contributed by atoms with Gasteiger partial charge < -0.3 is 15.2 Å². The topological polar surface area (TPSA) is 41.9 Å². The fourth-order valence-corrected chi connectivity index (χ4v) is 2.99. The first-order valence-corrected chi connectivity index (χ1v) is 9.56. The van der Waals surface area contributed by atoms with Crippen LogP contribution in [0.2, 0.25) is 5.02 Å². The fourth-order valence-electron chi connectivity index (χ4n) is 2.21. The average Bonchev–Trinajstić information content (AvgIpc) is 2.96. The van der Waals surface area contributed by atoms with E-state index in [4.69, 9.17) is 23.8 Å². The number of benzene rings is 1. The normalized spacial score (nSPS) is 12.0. The minimum atomic E-state index is -0.118. The van der Waals surface area contributed by atoms with Crippen LogP contribution >= 0.6 is 35.6 Å². The molecule has 0 aliphatic carbocycles. The molecule has 0 amide bonds. The second-order valence-electron chi connectivity index (χ2n) is 5.13. The number of nitrogens with zero attached hydrogens (tertiary/aromatic N) is 2. The first-order valence-electron chi connectivity index (χ1n) is 7.38. The molecule has 23 heavy (non-hydrogen) atoms. The van der Waals surface area contributed by atoms with Gasteiger partial charge in [0, 0.05) is 31.0 Å². The lowest BCUT2D eigenvalue weighted by Gasteiger charge is -2.21. The zero-order chi connectivity index (χ0) is 16.7. The molecule has 124 valence electrons. The van der Waals surface area contributed by atoms with Crippen molar-refractivity contribution in [1.82, 2.24) is 20.2 Å². The highest BCUT2D eigenvalue weighted by molar-refractivity contribution is 7.98. The zero-order valence-corrected chi connectivity index (χ0v) is 15.6. The second-order valence-corrected chi connectivity index (χ2v) is 6.96. The Balaban J connectivity index is 2.10. The first-order chi connectivity index (χ1) is 11.1. The molecule has 0 fully saturated rings. The number of imidazole rings is 1. The van der Waals surface area contributed by atoms with E-state index in [-0.39, 0.29) is 6.04 Å². The van der Waals surface area contributed by atoms with Gasteiger partial charge in [0.15, 0.2) is 5.11 Å². The third-order valence-electron chi connectivity index (χ3n) is 3.41. The molecule has 1 atom stereocenters. The van der Waals surface area contributed by atoms with Crippen LogP contribution in [0.5, 0.6) is 0 Å². The van der Waals surface area contributed by atoms with Crippen LogP contribution in [0.15, 0.2) is 36.7 Å². The van der Waals surface area contributed by atoms with Crippen molar-refractivity contribution >= 4 is 40.7 Å². The molecular weight excluding hydrogens is 348 g/mol. The molecule has 0 aliphatic heterocycles. The van der Waals surface area contributed by atoms with Gasteiger partial charge in [-0.3, -0.25) is 0 Å². The van der Waals surface area contributed by atoms with Gasteiger partial charge in [0.25, 0.3) is 0 Å². The summed E-state index contributed by atoms with van der Waals surface area (Å²) in [6.07, 6.45) is 6.90. The summed E-state index contributed by atoms with van der Waals surface area (Å²) < 4.78 is 1.99. The predicted molar refractivity (Wildman–Crippen MR) is 103 cm³/mol. The van der Waals surface area contributed by atoms with E-state index in [9.17, 15) is 0 Å². The minimum Gasteiger partial charge on any atom is -0.363 e. The third-order valence-corrected chi connectivity index (χ3v) is 4.62. The van der Waals surface area contributed by atoms with Gasteiger partial charge in [0.2, 0.25) is 0 Å². The molecule has 0 saturated heterocycles. The molecule has 0 unspecified atom stereocenters. The Bertz CT molecular complexity index is 627. The molecular formula is C16H21ClN4S2. The molecule has 0 bridgehead atoms. The minimum absolute atomic E-state index is 0.118. The van der Waals surface area contributed by atoms with Gasteiger partial charge in [-0.1, -0.05) is 23.7 Å². The number of thioether (sulfide) groups is 1. The number of aromatic nitrogens is 2. The molecule has 7 heteroatoms. The van der Waals surface area contributed by atoms with Crippen LogP contribution in [0.1, 0.15) is 23.9 Å². The maximum absolute atomic E-state index is 6.00. The molecule has 1 aromatic carbocycles. The summed E-state index contributed by atoms with van der Waals surface area (Å²) in [5, 5.41) is 7.96. The van der Waals surface area contributed by atoms with Crippen LogP contribution in [-0.4, -0.2) is 33.2 Å². The Labute approximate surface area is 152 Å². The Kier molecular flexibility index (Phi) is 7.20. The summed E-state index contributed by atoms with van der Waals surface area (Å²) in [6.45, 7) is 0.862. The summed E-state index contributed by atoms with van der Waals surface area (Å²) in [6, 6.07) is 7.62. The lowest BCUT2D eigenvalue weighted by Crippen LogP contribution is -2.39. The van der Waals surface area contributed by atoms with Gasteiger partial charge in [-0.2, -0.15) is 11.8 Å². The molecule has 0 spiro atoms. The zero-order valence-electron chi connectivity index (χ0n) is 13.3. The summed E-state index contributed by atoms with van der Waals surface area (Å²) in [7, 11) is 1.97. The van der Waals surface area contributed by atoms with Crippen molar-refractivity contribution < 1.29 is 0 Å². The van der Waals surface area contributed by atoms with Gasteiger partial charge in [-0.05, 0) is 48.3 Å². The average molecular weight is 369 g/mol. The van der Waals surface area contributed by atoms with Crippen molar-refractivity contribution in [2.24, 2.45) is 7.05 Å². The monoisotopic (exact) mass is 368 g/mol. The summed E-state index contributed by atoms with van der Waals surface area (Å²) in [5.74, 6) is 2.02. The Morgan fingerprint density at radius 2 is 2.13 bits per heavy atom. The van der Waals surface area contributed by atoms with Crippen molar-refractivity contribution in [2.75, 3.05) is 18.6 Å². The van der Waals surface area contributed by atoms with Crippen molar-refractivity contribution in [3.05, 3.63) is 53.1 Å². The van der Waals surface area contributed by atoms with Gasteiger partial charge in [0.1, 0.15) is 11.9 Å². The van der Waals surface area contributed by atoms with Crippen LogP contribution in [0.4, 0.5) is 0 Å². The smallest absolute Gasteiger partial charge is 0.167 e. The quantitative estimate of drug-likeness (QED) is 0.579. The van der Waals surface area contributed by atoms with E-state index in [1.807, 2.05) is 53.8 Å². The third kappa shape index (κ3) is 5.41. The summed E-state index contributed by atoms with van der Waals surface area (Å²) in [5.41, 5.74) is 1.07. The number of aryl methyl sites for hydroxylation is 1. The number of hydrogen-bond donors (Lipinski definition) is 2. The van der Waals surface area contributed by atoms with Gasteiger partial charge in [-0.15, -0.1) is 0 Å². The Hall–Kier alpha value is -1.24. The van der Waals surface area contributed by atoms with Gasteiger partial charge >= 0.3 is 0 Å². The molecule has 0 saturated carbocycles. The SMILES string of the molecule is CSCCCNC(=S)N[C@H](c1ccc(Cl)cc1)c1nccn1C. The predicted octanol–water partition coefficient (Wildman–Crippen LogP) is 3.38. The van der Waals surface area contributed by atoms with Gasteiger partial charge in [-0.25, -0.2) is 4.98 Å². The lowest BCUT2D eigenvalue weighted by molar-refractivity contribution is 0.650. The first kappa shape index (κ1) is 18.1. The number of nitrogens with one attached hydrogen (secondary N) is 2. The standard InChI is InChI=1S/C16H21ClN4S2/c1-21-10-9-18-15(21)14(12-4-6-13(17)7-5-12)20-16(22)19-8-3-11-23-2/h4-7,9-10,14H,3,8,11H2,1-2H3,(H2,19,20,22)/t14-/m1/s1. The maximum Gasteiger partial charge on any atom is 0.167 e. The molecule has 0 radical (unpaired) electrons. The lowest BCUT2D eigenvalue weighted by atomic mass is 10.1. The van der Waals surface area contributed by atoms with Crippen LogP contribution in [0, 0.1) is 0 Å². The molecule has 1 heterocycles. The van der Waals surface area contributed by atoms with E-state index in [1.165, 1.54) is 0 Å². The molecule has 1 aromatic heterocycles. The van der Waals surface area contributed by atoms with Crippen molar-refractivity contribution in [1.29, 1.82) is 0 Å². The van der Waals surface area contributed by atoms with Gasteiger partial charge in [0.05, 0.1) is 0 Å². The van der Waals surface area contributed by atoms with Crippen LogP contribution < -0.4 is 10.6 Å². The molecule has 2 aromatic rings. The Morgan fingerprint density at radius 1 is 1.39 bits per heavy atom. The number of thiocarbonyl (C=S) groups is 1. The van der Waals surface area contributed by atoms with Crippen molar-refractivity contribution in [3.8, 4) is 0 Å². The number of halogens is 1. The van der Waals surface area contributed by atoms with Crippen molar-refractivity contribution in [3.63, 3.8) is 0 Å². The molecule has 2 N–H and O–H groups in total. The number of rotatable bonds is 7. The summed E-state index contributed by atoms with van der Waals surface area (Å²) >= 11 is 13.3. The largest absolute Gasteiger partial charge is 0.363 e. The van der Waals surface area contributed by atoms with E-state index in [2.05, 4.69) is 21.9 Å². The number of hydrogen-bond acceptors (Lipinski definition) is 3. The highest BCUT2D eigenvalue weighted by atomic mass is 35.5. The highest BCUT2D eigenvalue weighted by Gasteiger charge is 2.19. The van der Waals surface area contributed by atoms with E-state index < -0.39 is 0 Å². The summed E-state index contributed by atoms with van der Waals surface area (Å²) in [4.78, 5) is 4.45. The van der Waals surface area contributed by atoms with Crippen LogP contribution in [-0.2, 0) is 7.05 Å². The van der Waals surface area contributed by atoms with E-state index in [1.54, 1.807) is 6.20 Å². The molecule has 0 aliphatic rings. The highest BCUT2D eigenvalue weighted by Crippen LogP contribution is 2.22. The Morgan fingerprint density at radius 3 is 2.74 bits per heavy atom. The molecule has 4 nitrogen and oxygen atoms in total. The van der Waals surface area contributed by atoms with Crippen molar-refractivity contribution in [2.45, 2.75) is 12.5 Å². The van der Waals surface area contributed by atoms with E-state index in [0.717, 1.165) is 30.1 Å². The van der Waals surface area contributed by atoms with Crippen LogP contribution in [0.3, 0.4) is 0 Å². The maximum atomic E-state index is 6.00.